The molecular weight excluding hydrogens is 282 g/mol. The van der Waals surface area contributed by atoms with Crippen molar-refractivity contribution in [2.45, 2.75) is 26.7 Å². The minimum Gasteiger partial charge on any atom is -0.354 e. The molecule has 0 saturated carbocycles. The summed E-state index contributed by atoms with van der Waals surface area (Å²) >= 11 is 0. The zero-order valence-electron chi connectivity index (χ0n) is 13.2. The fourth-order valence-corrected chi connectivity index (χ4v) is 2.33. The van der Waals surface area contributed by atoms with Gasteiger partial charge in [0.05, 0.1) is 0 Å². The number of piperazine rings is 1. The number of hydrogen-bond donors (Lipinski definition) is 1. The van der Waals surface area contributed by atoms with Gasteiger partial charge in [0.1, 0.15) is 5.69 Å². The lowest BCUT2D eigenvalue weighted by Gasteiger charge is -2.32. The van der Waals surface area contributed by atoms with Crippen molar-refractivity contribution in [1.29, 1.82) is 0 Å². The summed E-state index contributed by atoms with van der Waals surface area (Å²) in [5.41, 5.74) is 1.18. The van der Waals surface area contributed by atoms with Gasteiger partial charge in [-0.2, -0.15) is 0 Å². The van der Waals surface area contributed by atoms with Crippen LogP contribution >= 0.6 is 0 Å². The molecule has 2 rings (SSSR count). The molecule has 1 aromatic rings. The number of rotatable bonds is 6. The van der Waals surface area contributed by atoms with Crippen LogP contribution in [0.25, 0.3) is 0 Å². The van der Waals surface area contributed by atoms with Gasteiger partial charge in [-0.3, -0.25) is 9.59 Å². The van der Waals surface area contributed by atoms with Crippen LogP contribution < -0.4 is 5.32 Å². The number of nitrogens with zero attached hydrogens (tertiary/aromatic N) is 4. The second kappa shape index (κ2) is 7.72. The molecule has 1 saturated heterocycles. The van der Waals surface area contributed by atoms with Crippen molar-refractivity contribution in [1.82, 2.24) is 19.8 Å². The van der Waals surface area contributed by atoms with Crippen LogP contribution in [0.1, 0.15) is 35.9 Å². The van der Waals surface area contributed by atoms with E-state index in [0.29, 0.717) is 37.8 Å². The largest absolute Gasteiger partial charge is 0.354 e. The van der Waals surface area contributed by atoms with Gasteiger partial charge in [-0.15, -0.1) is 0 Å². The number of aromatic nitrogens is 2. The minimum absolute atomic E-state index is 0.102. The predicted octanol–water partition coefficient (Wildman–Crippen LogP) is 0.911. The maximum absolute atomic E-state index is 12.5. The number of unbranched alkanes of at least 4 members (excludes halogenated alkanes) is 1. The Kier molecular flexibility index (Phi) is 5.68. The molecule has 22 heavy (non-hydrogen) atoms. The molecule has 1 aromatic heterocycles. The van der Waals surface area contributed by atoms with Crippen molar-refractivity contribution in [3.8, 4) is 0 Å². The first-order valence-corrected chi connectivity index (χ1v) is 7.72. The molecule has 0 unspecified atom stereocenters. The van der Waals surface area contributed by atoms with E-state index >= 15 is 0 Å². The highest BCUT2D eigenvalue weighted by Crippen LogP contribution is 2.10. The second-order valence-electron chi connectivity index (χ2n) is 5.43. The molecule has 1 aliphatic heterocycles. The van der Waals surface area contributed by atoms with Gasteiger partial charge in [0.2, 0.25) is 12.4 Å². The molecule has 7 heteroatoms. The Hall–Kier alpha value is -2.18. The zero-order chi connectivity index (χ0) is 15.9. The summed E-state index contributed by atoms with van der Waals surface area (Å²) in [5.74, 6) is 0.401. The molecule has 0 aliphatic carbocycles. The topological polar surface area (TPSA) is 78.4 Å². The van der Waals surface area contributed by atoms with E-state index < -0.39 is 0 Å². The third-order valence-corrected chi connectivity index (χ3v) is 3.64. The number of aryl methyl sites for hydroxylation is 1. The first kappa shape index (κ1) is 16.2. The summed E-state index contributed by atoms with van der Waals surface area (Å²) in [6, 6.07) is 1.71. The highest BCUT2D eigenvalue weighted by atomic mass is 16.2. The van der Waals surface area contributed by atoms with Gasteiger partial charge in [0, 0.05) is 38.4 Å². The Labute approximate surface area is 130 Å². The van der Waals surface area contributed by atoms with Gasteiger partial charge < -0.3 is 15.1 Å². The average molecular weight is 305 g/mol. The third kappa shape index (κ3) is 4.16. The molecule has 0 aromatic carbocycles. The molecule has 1 N–H and O–H groups in total. The quantitative estimate of drug-likeness (QED) is 0.624. The Balaban J connectivity index is 2.04. The van der Waals surface area contributed by atoms with Crippen molar-refractivity contribution in [3.05, 3.63) is 17.5 Å². The van der Waals surface area contributed by atoms with E-state index in [-0.39, 0.29) is 5.91 Å². The molecule has 0 spiro atoms. The van der Waals surface area contributed by atoms with Crippen molar-refractivity contribution in [2.24, 2.45) is 0 Å². The summed E-state index contributed by atoms with van der Waals surface area (Å²) in [5, 5.41) is 3.15. The van der Waals surface area contributed by atoms with Crippen molar-refractivity contribution < 1.29 is 9.59 Å². The van der Waals surface area contributed by atoms with E-state index in [9.17, 15) is 9.59 Å². The van der Waals surface area contributed by atoms with Gasteiger partial charge in [0.15, 0.2) is 0 Å². The van der Waals surface area contributed by atoms with E-state index in [1.54, 1.807) is 15.9 Å². The molecule has 7 nitrogen and oxygen atoms in total. The summed E-state index contributed by atoms with van der Waals surface area (Å²) in [6.45, 7) is 6.99. The zero-order valence-corrected chi connectivity index (χ0v) is 13.2. The van der Waals surface area contributed by atoms with Crippen LogP contribution in [0.15, 0.2) is 6.07 Å². The minimum atomic E-state index is -0.102. The lowest BCUT2D eigenvalue weighted by atomic mass is 10.2. The monoisotopic (exact) mass is 305 g/mol. The normalized spacial score (nSPS) is 14.8. The van der Waals surface area contributed by atoms with E-state index in [1.807, 2.05) is 6.92 Å². The molecule has 0 atom stereocenters. The predicted molar refractivity (Wildman–Crippen MR) is 83.7 cm³/mol. The molecule has 1 aliphatic rings. The SMILES string of the molecule is CCCCNc1nc(C)cc(C(=O)N2CCN(C=O)CC2)n1. The summed E-state index contributed by atoms with van der Waals surface area (Å²) in [6.07, 6.45) is 2.95. The number of amides is 2. The van der Waals surface area contributed by atoms with Crippen molar-refractivity contribution >= 4 is 18.3 Å². The Bertz CT molecular complexity index is 527. The van der Waals surface area contributed by atoms with Gasteiger partial charge in [0.25, 0.3) is 5.91 Å². The number of anilines is 1. The molecule has 0 bridgehead atoms. The van der Waals surface area contributed by atoms with Crippen LogP contribution in [-0.2, 0) is 4.79 Å². The van der Waals surface area contributed by atoms with Gasteiger partial charge in [-0.05, 0) is 19.4 Å². The molecule has 2 amide bonds. The van der Waals surface area contributed by atoms with Crippen LogP contribution in [-0.4, -0.2) is 64.8 Å². The number of carbonyl (C=O) groups excluding carboxylic acids is 2. The van der Waals surface area contributed by atoms with Gasteiger partial charge in [-0.1, -0.05) is 13.3 Å². The molecule has 0 radical (unpaired) electrons. The average Bonchev–Trinajstić information content (AvgIpc) is 2.54. The fourth-order valence-electron chi connectivity index (χ4n) is 2.33. The van der Waals surface area contributed by atoms with Gasteiger partial charge >= 0.3 is 0 Å². The number of carbonyl (C=O) groups is 2. The Morgan fingerprint density at radius 3 is 2.68 bits per heavy atom. The van der Waals surface area contributed by atoms with E-state index in [4.69, 9.17) is 0 Å². The van der Waals surface area contributed by atoms with Crippen LogP contribution in [0.5, 0.6) is 0 Å². The van der Waals surface area contributed by atoms with Crippen LogP contribution in [0.2, 0.25) is 0 Å². The van der Waals surface area contributed by atoms with Crippen molar-refractivity contribution in [2.75, 3.05) is 38.0 Å². The fraction of sp³-hybridized carbons (Fsp3) is 0.600. The van der Waals surface area contributed by atoms with E-state index in [0.717, 1.165) is 31.5 Å². The summed E-state index contributed by atoms with van der Waals surface area (Å²) < 4.78 is 0. The highest BCUT2D eigenvalue weighted by molar-refractivity contribution is 5.92. The Morgan fingerprint density at radius 1 is 1.32 bits per heavy atom. The second-order valence-corrected chi connectivity index (χ2v) is 5.43. The van der Waals surface area contributed by atoms with Crippen LogP contribution in [0.3, 0.4) is 0 Å². The first-order chi connectivity index (χ1) is 10.6. The summed E-state index contributed by atoms with van der Waals surface area (Å²) in [7, 11) is 0. The highest BCUT2D eigenvalue weighted by Gasteiger charge is 2.22. The van der Waals surface area contributed by atoms with Crippen molar-refractivity contribution in [3.63, 3.8) is 0 Å². The Morgan fingerprint density at radius 2 is 2.05 bits per heavy atom. The molecule has 2 heterocycles. The lowest BCUT2D eigenvalue weighted by molar-refractivity contribution is -0.119. The molecule has 1 fully saturated rings. The van der Waals surface area contributed by atoms with Gasteiger partial charge in [-0.25, -0.2) is 9.97 Å². The molecular formula is C15H23N5O2. The van der Waals surface area contributed by atoms with Crippen LogP contribution in [0, 0.1) is 6.92 Å². The maximum atomic E-state index is 12.5. The maximum Gasteiger partial charge on any atom is 0.272 e. The summed E-state index contributed by atoms with van der Waals surface area (Å²) in [4.78, 5) is 35.3. The lowest BCUT2D eigenvalue weighted by Crippen LogP contribution is -2.48. The smallest absolute Gasteiger partial charge is 0.272 e. The number of hydrogen-bond acceptors (Lipinski definition) is 5. The first-order valence-electron chi connectivity index (χ1n) is 7.72. The third-order valence-electron chi connectivity index (χ3n) is 3.64. The number of nitrogens with one attached hydrogen (secondary N) is 1. The van der Waals surface area contributed by atoms with E-state index in [1.165, 1.54) is 0 Å². The van der Waals surface area contributed by atoms with E-state index in [2.05, 4.69) is 22.2 Å². The van der Waals surface area contributed by atoms with Crippen LogP contribution in [0.4, 0.5) is 5.95 Å². The standard InChI is InChI=1S/C15H23N5O2/c1-3-4-5-16-15-17-12(2)10-13(18-15)14(22)20-8-6-19(11-21)7-9-20/h10-11H,3-9H2,1-2H3,(H,16,17,18). The molecule has 120 valence electrons.